The van der Waals surface area contributed by atoms with E-state index in [0.29, 0.717) is 0 Å². The van der Waals surface area contributed by atoms with Gasteiger partial charge >= 0.3 is 0 Å². The largest absolute Gasteiger partial charge is 0.325 e. The molecule has 5 rings (SSSR count). The third-order valence-corrected chi connectivity index (χ3v) is 4.70. The van der Waals surface area contributed by atoms with Crippen LogP contribution in [0, 0.1) is 0 Å². The molecule has 27 heavy (non-hydrogen) atoms. The Bertz CT molecular complexity index is 1190. The predicted octanol–water partition coefficient (Wildman–Crippen LogP) is 6.19. The fourth-order valence-corrected chi connectivity index (χ4v) is 3.50. The molecule has 0 atom stereocenters. The fourth-order valence-electron chi connectivity index (χ4n) is 3.50. The molecule has 2 aromatic heterocycles. The molecule has 0 unspecified atom stereocenters. The van der Waals surface area contributed by atoms with Crippen LogP contribution >= 0.6 is 0 Å². The summed E-state index contributed by atoms with van der Waals surface area (Å²) in [4.78, 5) is 9.21. The molecule has 0 aliphatic heterocycles. The molecule has 1 N–H and O–H groups in total. The fraction of sp³-hybridized carbons (Fsp3) is 0. The van der Waals surface area contributed by atoms with E-state index in [0.717, 1.165) is 22.9 Å². The Hall–Kier alpha value is -3.72. The lowest BCUT2D eigenvalue weighted by molar-refractivity contribution is 1.26. The van der Waals surface area contributed by atoms with Crippen molar-refractivity contribution in [2.24, 2.45) is 0 Å². The van der Waals surface area contributed by atoms with Crippen LogP contribution in [-0.2, 0) is 0 Å². The van der Waals surface area contributed by atoms with Crippen molar-refractivity contribution in [3.8, 4) is 11.3 Å². The highest BCUT2D eigenvalue weighted by molar-refractivity contribution is 6.12. The van der Waals surface area contributed by atoms with Crippen molar-refractivity contribution in [2.45, 2.75) is 0 Å². The Labute approximate surface area is 157 Å². The molecule has 0 fully saturated rings. The second-order valence-electron chi connectivity index (χ2n) is 6.44. The van der Waals surface area contributed by atoms with Crippen LogP contribution in [0.4, 0.5) is 11.6 Å². The van der Waals surface area contributed by atoms with Crippen LogP contribution in [0.3, 0.4) is 0 Å². The zero-order chi connectivity index (χ0) is 18.1. The lowest BCUT2D eigenvalue weighted by atomic mass is 9.94. The number of fused-ring (bicyclic) bond motifs is 2. The topological polar surface area (TPSA) is 37.8 Å². The van der Waals surface area contributed by atoms with Gasteiger partial charge in [-0.1, -0.05) is 60.7 Å². The Morgan fingerprint density at radius 3 is 1.96 bits per heavy atom. The Kier molecular flexibility index (Phi) is 3.76. The zero-order valence-electron chi connectivity index (χ0n) is 14.6. The number of hydrogen-bond donors (Lipinski definition) is 1. The first kappa shape index (κ1) is 15.5. The maximum absolute atomic E-state index is 4.89. The monoisotopic (exact) mass is 347 g/mol. The van der Waals surface area contributed by atoms with Gasteiger partial charge < -0.3 is 5.32 Å². The van der Waals surface area contributed by atoms with Crippen LogP contribution in [0.5, 0.6) is 0 Å². The third-order valence-electron chi connectivity index (χ3n) is 4.70. The van der Waals surface area contributed by atoms with Crippen LogP contribution in [0.15, 0.2) is 97.2 Å². The van der Waals surface area contributed by atoms with E-state index in [2.05, 4.69) is 71.0 Å². The van der Waals surface area contributed by atoms with E-state index >= 15 is 0 Å². The van der Waals surface area contributed by atoms with Gasteiger partial charge in [0.05, 0.1) is 5.69 Å². The maximum atomic E-state index is 4.89. The standard InChI is InChI=1S/C24H17N3/c1-3-10-19-17(8-1)16-18-9-2-4-11-20(18)24(19)21-12-7-14-23(26-21)27-22-13-5-6-15-25-22/h1-16H,(H,25,26,27). The minimum absolute atomic E-state index is 0.781. The molecule has 0 bridgehead atoms. The van der Waals surface area contributed by atoms with E-state index < -0.39 is 0 Å². The van der Waals surface area contributed by atoms with Gasteiger partial charge in [0.1, 0.15) is 11.6 Å². The second-order valence-corrected chi connectivity index (χ2v) is 6.44. The van der Waals surface area contributed by atoms with E-state index in [4.69, 9.17) is 4.98 Å². The highest BCUT2D eigenvalue weighted by Crippen LogP contribution is 2.35. The number of pyridine rings is 2. The smallest absolute Gasteiger partial charge is 0.132 e. The van der Waals surface area contributed by atoms with Crippen LogP contribution in [0.2, 0.25) is 0 Å². The average Bonchev–Trinajstić information content (AvgIpc) is 2.73. The average molecular weight is 347 g/mol. The van der Waals surface area contributed by atoms with Crippen molar-refractivity contribution < 1.29 is 0 Å². The molecule has 3 heteroatoms. The van der Waals surface area contributed by atoms with Crippen LogP contribution < -0.4 is 5.32 Å². The summed E-state index contributed by atoms with van der Waals surface area (Å²) in [7, 11) is 0. The summed E-state index contributed by atoms with van der Waals surface area (Å²) in [5, 5.41) is 8.14. The van der Waals surface area contributed by atoms with Crippen molar-refractivity contribution >= 4 is 33.2 Å². The van der Waals surface area contributed by atoms with E-state index in [1.807, 2.05) is 30.3 Å². The first-order chi connectivity index (χ1) is 13.4. The molecule has 0 aliphatic rings. The van der Waals surface area contributed by atoms with E-state index in [1.54, 1.807) is 6.20 Å². The molecule has 0 spiro atoms. The van der Waals surface area contributed by atoms with Crippen LogP contribution in [0.25, 0.3) is 32.8 Å². The van der Waals surface area contributed by atoms with E-state index in [9.17, 15) is 0 Å². The van der Waals surface area contributed by atoms with Crippen molar-refractivity contribution in [3.05, 3.63) is 97.2 Å². The molecule has 0 radical (unpaired) electrons. The molecule has 3 aromatic carbocycles. The number of nitrogens with one attached hydrogen (secondary N) is 1. The number of benzene rings is 3. The van der Waals surface area contributed by atoms with Crippen LogP contribution in [-0.4, -0.2) is 9.97 Å². The summed E-state index contributed by atoms with van der Waals surface area (Å²) in [6.45, 7) is 0. The molecule has 5 aromatic rings. The van der Waals surface area contributed by atoms with Gasteiger partial charge in [0.2, 0.25) is 0 Å². The Morgan fingerprint density at radius 2 is 1.26 bits per heavy atom. The first-order valence-corrected chi connectivity index (χ1v) is 8.94. The lowest BCUT2D eigenvalue weighted by Gasteiger charge is -2.12. The van der Waals surface area contributed by atoms with E-state index in [1.165, 1.54) is 21.5 Å². The molecule has 2 heterocycles. The van der Waals surface area contributed by atoms with Gasteiger partial charge in [-0.2, -0.15) is 0 Å². The van der Waals surface area contributed by atoms with Crippen molar-refractivity contribution in [1.29, 1.82) is 0 Å². The SMILES string of the molecule is c1ccc(Nc2cccc(-c3c4ccccc4cc4ccccc34)n2)nc1. The molecular formula is C24H17N3. The molecule has 128 valence electrons. The Balaban J connectivity index is 1.72. The minimum atomic E-state index is 0.781. The molecular weight excluding hydrogens is 330 g/mol. The molecule has 0 saturated heterocycles. The van der Waals surface area contributed by atoms with Gasteiger partial charge in [-0.05, 0) is 51.9 Å². The first-order valence-electron chi connectivity index (χ1n) is 8.94. The summed E-state index contributed by atoms with van der Waals surface area (Å²) in [6, 6.07) is 31.0. The van der Waals surface area contributed by atoms with Gasteiger partial charge in [-0.3, -0.25) is 0 Å². The summed E-state index contributed by atoms with van der Waals surface area (Å²) >= 11 is 0. The number of hydrogen-bond acceptors (Lipinski definition) is 3. The van der Waals surface area contributed by atoms with Gasteiger partial charge in [-0.25, -0.2) is 9.97 Å². The predicted molar refractivity (Wildman–Crippen MR) is 112 cm³/mol. The number of aromatic nitrogens is 2. The summed E-state index contributed by atoms with van der Waals surface area (Å²) in [5.74, 6) is 1.56. The number of anilines is 2. The van der Waals surface area contributed by atoms with Gasteiger partial charge in [0.15, 0.2) is 0 Å². The highest BCUT2D eigenvalue weighted by atomic mass is 15.1. The molecule has 0 amide bonds. The van der Waals surface area contributed by atoms with Crippen molar-refractivity contribution in [2.75, 3.05) is 5.32 Å². The normalized spacial score (nSPS) is 11.0. The summed E-state index contributed by atoms with van der Waals surface area (Å²) < 4.78 is 0. The zero-order valence-corrected chi connectivity index (χ0v) is 14.6. The minimum Gasteiger partial charge on any atom is -0.325 e. The molecule has 0 aliphatic carbocycles. The number of nitrogens with zero attached hydrogens (tertiary/aromatic N) is 2. The molecule has 3 nitrogen and oxygen atoms in total. The van der Waals surface area contributed by atoms with Gasteiger partial charge in [-0.15, -0.1) is 0 Å². The highest BCUT2D eigenvalue weighted by Gasteiger charge is 2.11. The summed E-state index contributed by atoms with van der Waals surface area (Å²) in [6.07, 6.45) is 1.77. The van der Waals surface area contributed by atoms with Crippen molar-refractivity contribution in [3.63, 3.8) is 0 Å². The van der Waals surface area contributed by atoms with Gasteiger partial charge in [0, 0.05) is 11.8 Å². The lowest BCUT2D eigenvalue weighted by Crippen LogP contribution is -1.97. The maximum Gasteiger partial charge on any atom is 0.132 e. The number of rotatable bonds is 3. The summed E-state index contributed by atoms with van der Waals surface area (Å²) in [5.41, 5.74) is 2.11. The van der Waals surface area contributed by atoms with E-state index in [-0.39, 0.29) is 0 Å². The third kappa shape index (κ3) is 2.89. The molecule has 0 saturated carbocycles. The van der Waals surface area contributed by atoms with Crippen molar-refractivity contribution in [1.82, 2.24) is 9.97 Å². The Morgan fingerprint density at radius 1 is 0.593 bits per heavy atom. The second kappa shape index (κ2) is 6.54. The van der Waals surface area contributed by atoms with Crippen LogP contribution in [0.1, 0.15) is 0 Å². The van der Waals surface area contributed by atoms with Gasteiger partial charge in [0.25, 0.3) is 0 Å². The quantitative estimate of drug-likeness (QED) is 0.395.